The van der Waals surface area contributed by atoms with Gasteiger partial charge in [-0.2, -0.15) is 0 Å². The van der Waals surface area contributed by atoms with Gasteiger partial charge in [0.1, 0.15) is 5.78 Å². The van der Waals surface area contributed by atoms with E-state index in [1.807, 2.05) is 13.8 Å². The van der Waals surface area contributed by atoms with Crippen LogP contribution in [0.15, 0.2) is 12.2 Å². The van der Waals surface area contributed by atoms with E-state index in [9.17, 15) is 14.7 Å². The molecule has 0 radical (unpaired) electrons. The third-order valence-corrected chi connectivity index (χ3v) is 11.4. The van der Waals surface area contributed by atoms with Crippen molar-refractivity contribution in [3.63, 3.8) is 0 Å². The summed E-state index contributed by atoms with van der Waals surface area (Å²) in [4.78, 5) is 25.3. The first kappa shape index (κ1) is 24.2. The number of Topliss-reactive ketones (excluding diaryl/α,β-unsaturated/α-hetero) is 2. The van der Waals surface area contributed by atoms with Crippen molar-refractivity contribution in [3.8, 4) is 0 Å². The standard InChI is InChI=1S/C29H46O3/c1-17(2)19(4)24(31)16-18(3)21-8-9-25-27(21,6)14-12-26-28(7)13-11-23(30)20(5)22(28)10-15-29(25,26)32/h17-18,20-22,25-26,32H,4,8-16H2,1-3,5-7H3/t18-,20+,21-,22+,25-,26-,27-,28+,29-/m1/s1. The van der Waals surface area contributed by atoms with Gasteiger partial charge in [-0.15, -0.1) is 0 Å². The van der Waals surface area contributed by atoms with Crippen LogP contribution < -0.4 is 0 Å². The highest BCUT2D eigenvalue weighted by atomic mass is 16.3. The van der Waals surface area contributed by atoms with Gasteiger partial charge >= 0.3 is 0 Å². The van der Waals surface area contributed by atoms with Crippen LogP contribution >= 0.6 is 0 Å². The fourth-order valence-electron chi connectivity index (χ4n) is 9.46. The number of carbonyl (C=O) groups is 2. The van der Waals surface area contributed by atoms with Crippen LogP contribution in [0.3, 0.4) is 0 Å². The van der Waals surface area contributed by atoms with Gasteiger partial charge in [0.2, 0.25) is 0 Å². The van der Waals surface area contributed by atoms with Crippen molar-refractivity contribution >= 4 is 11.6 Å². The molecule has 32 heavy (non-hydrogen) atoms. The summed E-state index contributed by atoms with van der Waals surface area (Å²) >= 11 is 0. The van der Waals surface area contributed by atoms with Crippen molar-refractivity contribution in [3.05, 3.63) is 12.2 Å². The van der Waals surface area contributed by atoms with E-state index in [-0.39, 0.29) is 28.4 Å². The maximum atomic E-state index is 12.8. The maximum Gasteiger partial charge on any atom is 0.158 e. The first-order valence-electron chi connectivity index (χ1n) is 13.3. The minimum atomic E-state index is -0.613. The molecular weight excluding hydrogens is 396 g/mol. The Morgan fingerprint density at radius 3 is 2.34 bits per heavy atom. The Bertz CT molecular complexity index is 798. The molecule has 0 saturated heterocycles. The number of hydrogen-bond donors (Lipinski definition) is 1. The minimum absolute atomic E-state index is 0.0797. The zero-order valence-electron chi connectivity index (χ0n) is 21.4. The van der Waals surface area contributed by atoms with E-state index in [0.717, 1.165) is 50.5 Å². The first-order chi connectivity index (χ1) is 14.9. The second-order valence-electron chi connectivity index (χ2n) is 13.0. The van der Waals surface area contributed by atoms with Gasteiger partial charge in [-0.05, 0) is 96.9 Å². The molecule has 4 saturated carbocycles. The molecule has 0 aliphatic heterocycles. The van der Waals surface area contributed by atoms with E-state index in [1.54, 1.807) is 0 Å². The average Bonchev–Trinajstić information content (AvgIpc) is 3.08. The summed E-state index contributed by atoms with van der Waals surface area (Å²) in [5.41, 5.74) is 0.323. The zero-order valence-corrected chi connectivity index (χ0v) is 21.4. The lowest BCUT2D eigenvalue weighted by atomic mass is 9.41. The largest absolute Gasteiger partial charge is 0.389 e. The topological polar surface area (TPSA) is 54.4 Å². The van der Waals surface area contributed by atoms with Crippen LogP contribution in [-0.2, 0) is 9.59 Å². The first-order valence-corrected chi connectivity index (χ1v) is 13.3. The minimum Gasteiger partial charge on any atom is -0.389 e. The van der Waals surface area contributed by atoms with Crippen molar-refractivity contribution in [2.45, 2.75) is 105 Å². The molecule has 4 aliphatic rings. The van der Waals surface area contributed by atoms with Crippen LogP contribution in [0.1, 0.15) is 99.3 Å². The lowest BCUT2D eigenvalue weighted by Gasteiger charge is -2.65. The van der Waals surface area contributed by atoms with Crippen LogP contribution in [-0.4, -0.2) is 22.3 Å². The van der Waals surface area contributed by atoms with Gasteiger partial charge in [-0.1, -0.05) is 48.1 Å². The van der Waals surface area contributed by atoms with Crippen LogP contribution in [0.4, 0.5) is 0 Å². The molecule has 0 spiro atoms. The Morgan fingerprint density at radius 1 is 1.03 bits per heavy atom. The number of fused-ring (bicyclic) bond motifs is 5. The van der Waals surface area contributed by atoms with Crippen LogP contribution in [0.25, 0.3) is 0 Å². The molecule has 0 heterocycles. The van der Waals surface area contributed by atoms with Crippen LogP contribution in [0.5, 0.6) is 0 Å². The van der Waals surface area contributed by atoms with E-state index in [0.29, 0.717) is 48.2 Å². The Labute approximate surface area is 195 Å². The SMILES string of the molecule is C=C(C(=O)C[C@@H](C)[C@H]1CC[C@@H]2[C@]1(C)CC[C@@H]1[C@@]3(C)CCC(=O)[C@@H](C)[C@@H]3CC[C@@]21O)C(C)C. The summed E-state index contributed by atoms with van der Waals surface area (Å²) < 4.78 is 0. The van der Waals surface area contributed by atoms with Gasteiger partial charge in [0, 0.05) is 18.8 Å². The highest BCUT2D eigenvalue weighted by molar-refractivity contribution is 5.95. The number of aliphatic hydroxyl groups is 1. The Hall–Kier alpha value is -0.960. The fourth-order valence-corrected chi connectivity index (χ4v) is 9.46. The molecule has 4 aliphatic carbocycles. The Balaban J connectivity index is 1.56. The summed E-state index contributed by atoms with van der Waals surface area (Å²) in [5.74, 6) is 2.86. The summed E-state index contributed by atoms with van der Waals surface area (Å²) in [7, 11) is 0. The van der Waals surface area contributed by atoms with Crippen molar-refractivity contribution < 1.29 is 14.7 Å². The molecule has 0 aromatic carbocycles. The molecular formula is C29H46O3. The molecule has 0 aromatic heterocycles. The lowest BCUT2D eigenvalue weighted by molar-refractivity contribution is -0.226. The molecule has 9 atom stereocenters. The molecule has 3 nitrogen and oxygen atoms in total. The molecule has 0 amide bonds. The van der Waals surface area contributed by atoms with Gasteiger partial charge in [-0.3, -0.25) is 9.59 Å². The normalized spacial score (nSPS) is 46.9. The van der Waals surface area contributed by atoms with Crippen LogP contribution in [0.2, 0.25) is 0 Å². The van der Waals surface area contributed by atoms with E-state index in [4.69, 9.17) is 0 Å². The molecule has 180 valence electrons. The van der Waals surface area contributed by atoms with Crippen molar-refractivity contribution in [1.82, 2.24) is 0 Å². The molecule has 4 fully saturated rings. The summed E-state index contributed by atoms with van der Waals surface area (Å²) in [6, 6.07) is 0. The summed E-state index contributed by atoms with van der Waals surface area (Å²) in [6.07, 6.45) is 8.45. The molecule has 1 N–H and O–H groups in total. The summed E-state index contributed by atoms with van der Waals surface area (Å²) in [6.45, 7) is 17.3. The molecule has 0 bridgehead atoms. The van der Waals surface area contributed by atoms with Gasteiger partial charge in [0.25, 0.3) is 0 Å². The smallest absolute Gasteiger partial charge is 0.158 e. The number of carbonyl (C=O) groups excluding carboxylic acids is 2. The molecule has 0 unspecified atom stereocenters. The van der Waals surface area contributed by atoms with E-state index < -0.39 is 5.60 Å². The number of hydrogen-bond acceptors (Lipinski definition) is 3. The molecule has 3 heteroatoms. The maximum absolute atomic E-state index is 12.8. The van der Waals surface area contributed by atoms with Gasteiger partial charge < -0.3 is 5.11 Å². The van der Waals surface area contributed by atoms with Gasteiger partial charge in [0.05, 0.1) is 5.60 Å². The lowest BCUT2D eigenvalue weighted by Crippen LogP contribution is -2.65. The summed E-state index contributed by atoms with van der Waals surface area (Å²) in [5, 5.41) is 12.4. The van der Waals surface area contributed by atoms with E-state index >= 15 is 0 Å². The third kappa shape index (κ3) is 3.39. The predicted octanol–water partition coefficient (Wildman–Crippen LogP) is 6.38. The monoisotopic (exact) mass is 442 g/mol. The fraction of sp³-hybridized carbons (Fsp3) is 0.862. The van der Waals surface area contributed by atoms with Gasteiger partial charge in [-0.25, -0.2) is 0 Å². The number of rotatable bonds is 5. The quantitative estimate of drug-likeness (QED) is 0.502. The van der Waals surface area contributed by atoms with Crippen molar-refractivity contribution in [2.75, 3.05) is 0 Å². The Morgan fingerprint density at radius 2 is 1.69 bits per heavy atom. The third-order valence-electron chi connectivity index (χ3n) is 11.4. The second-order valence-corrected chi connectivity index (χ2v) is 13.0. The number of allylic oxidation sites excluding steroid dienone is 1. The van der Waals surface area contributed by atoms with Gasteiger partial charge in [0.15, 0.2) is 5.78 Å². The molecule has 0 aromatic rings. The van der Waals surface area contributed by atoms with E-state index in [1.165, 1.54) is 0 Å². The molecule has 4 rings (SSSR count). The van der Waals surface area contributed by atoms with Crippen molar-refractivity contribution in [2.24, 2.45) is 52.3 Å². The van der Waals surface area contributed by atoms with Crippen LogP contribution in [0, 0.1) is 52.3 Å². The van der Waals surface area contributed by atoms with Crippen molar-refractivity contribution in [1.29, 1.82) is 0 Å². The highest BCUT2D eigenvalue weighted by Gasteiger charge is 2.67. The Kier molecular flexibility index (Phi) is 6.09. The second kappa shape index (κ2) is 8.07. The van der Waals surface area contributed by atoms with E-state index in [2.05, 4.69) is 34.3 Å². The highest BCUT2D eigenvalue weighted by Crippen LogP contribution is 2.70. The predicted molar refractivity (Wildman–Crippen MR) is 129 cm³/mol. The zero-order chi connectivity index (χ0) is 23.6. The average molecular weight is 443 g/mol. The number of ketones is 2.